The Hall–Kier alpha value is -5.32. The number of rotatable bonds is 9. The van der Waals surface area contributed by atoms with Crippen LogP contribution in [0.3, 0.4) is 0 Å². The molecule has 0 unspecified atom stereocenters. The van der Waals surface area contributed by atoms with Gasteiger partial charge in [-0.05, 0) is 49.4 Å². The zero-order valence-electron chi connectivity index (χ0n) is 22.1. The summed E-state index contributed by atoms with van der Waals surface area (Å²) in [4.78, 5) is 29.6. The van der Waals surface area contributed by atoms with E-state index in [9.17, 15) is 14.7 Å². The molecule has 11 heteroatoms. The van der Waals surface area contributed by atoms with Crippen LogP contribution in [0.15, 0.2) is 75.0 Å². The molecule has 0 saturated carbocycles. The molecule has 204 valence electrons. The second-order valence-corrected chi connectivity index (χ2v) is 8.65. The van der Waals surface area contributed by atoms with E-state index < -0.39 is 17.6 Å². The second kappa shape index (κ2) is 10.8. The summed E-state index contributed by atoms with van der Waals surface area (Å²) in [5.41, 5.74) is 1.13. The number of hydrogen-bond donors (Lipinski definition) is 1. The largest absolute Gasteiger partial charge is 0.496 e. The maximum absolute atomic E-state index is 13.6. The summed E-state index contributed by atoms with van der Waals surface area (Å²) in [7, 11) is 4.40. The summed E-state index contributed by atoms with van der Waals surface area (Å²) in [5, 5.41) is 14.8. The number of hydrogen-bond acceptors (Lipinski definition) is 9. The summed E-state index contributed by atoms with van der Waals surface area (Å²) in [6.07, 6.45) is 0.287. The van der Waals surface area contributed by atoms with Gasteiger partial charge < -0.3 is 28.5 Å². The van der Waals surface area contributed by atoms with Crippen molar-refractivity contribution in [2.45, 2.75) is 13.0 Å². The van der Waals surface area contributed by atoms with Crippen LogP contribution in [0.4, 0.5) is 0 Å². The van der Waals surface area contributed by atoms with E-state index in [0.29, 0.717) is 33.6 Å². The Morgan fingerprint density at radius 3 is 2.35 bits per heavy atom. The number of carboxylic acids is 1. The highest BCUT2D eigenvalue weighted by Gasteiger charge is 2.21. The number of aromatic nitrogens is 2. The monoisotopic (exact) mass is 543 g/mol. The molecule has 0 fully saturated rings. The lowest BCUT2D eigenvalue weighted by Gasteiger charge is -2.17. The molecule has 40 heavy (non-hydrogen) atoms. The first kappa shape index (κ1) is 26.3. The van der Waals surface area contributed by atoms with Crippen LogP contribution >= 0.6 is 0 Å². The fourth-order valence-corrected chi connectivity index (χ4v) is 4.16. The van der Waals surface area contributed by atoms with E-state index in [1.807, 2.05) is 6.07 Å². The Morgan fingerprint density at radius 2 is 1.68 bits per heavy atom. The summed E-state index contributed by atoms with van der Waals surface area (Å²) >= 11 is 0. The Labute approximate surface area is 227 Å². The zero-order valence-corrected chi connectivity index (χ0v) is 22.1. The van der Waals surface area contributed by atoms with Gasteiger partial charge in [0.2, 0.25) is 11.6 Å². The maximum Gasteiger partial charge on any atom is 0.344 e. The third-order valence-corrected chi connectivity index (χ3v) is 6.16. The molecule has 5 aromatic rings. The highest BCUT2D eigenvalue weighted by atomic mass is 16.6. The van der Waals surface area contributed by atoms with Crippen molar-refractivity contribution in [3.05, 3.63) is 76.6 Å². The maximum atomic E-state index is 13.6. The minimum absolute atomic E-state index is 0.124. The number of carbonyl (C=O) groups is 1. The van der Waals surface area contributed by atoms with E-state index in [-0.39, 0.29) is 23.1 Å². The fourth-order valence-electron chi connectivity index (χ4n) is 4.16. The van der Waals surface area contributed by atoms with Gasteiger partial charge in [-0.3, -0.25) is 4.79 Å². The Morgan fingerprint density at radius 1 is 0.975 bits per heavy atom. The number of nitrogens with zero attached hydrogens (tertiary/aromatic N) is 3. The predicted molar refractivity (Wildman–Crippen MR) is 148 cm³/mol. The van der Waals surface area contributed by atoms with E-state index >= 15 is 0 Å². The lowest BCUT2D eigenvalue weighted by atomic mass is 10.2. The predicted octanol–water partition coefficient (Wildman–Crippen LogP) is 4.57. The molecule has 1 N–H and O–H groups in total. The lowest BCUT2D eigenvalue weighted by Crippen LogP contribution is -2.23. The molecule has 0 spiro atoms. The minimum Gasteiger partial charge on any atom is -0.496 e. The van der Waals surface area contributed by atoms with Crippen molar-refractivity contribution >= 4 is 34.1 Å². The topological polar surface area (TPSA) is 135 Å². The summed E-state index contributed by atoms with van der Waals surface area (Å²) < 4.78 is 29.1. The number of carboxylic acid groups (broad SMARTS) is 1. The quantitative estimate of drug-likeness (QED) is 0.265. The van der Waals surface area contributed by atoms with Gasteiger partial charge in [0.15, 0.2) is 23.4 Å². The molecule has 2 aromatic heterocycles. The fraction of sp³-hybridized carbons (Fsp3) is 0.172. The summed E-state index contributed by atoms with van der Waals surface area (Å²) in [5.74, 6) is 0.551. The van der Waals surface area contributed by atoms with Gasteiger partial charge in [0, 0.05) is 5.56 Å². The molecular formula is C29H25N3O8. The van der Waals surface area contributed by atoms with Gasteiger partial charge in [0.1, 0.15) is 11.3 Å². The van der Waals surface area contributed by atoms with E-state index in [1.165, 1.54) is 27.4 Å². The minimum atomic E-state index is -1.14. The van der Waals surface area contributed by atoms with Crippen LogP contribution in [-0.4, -0.2) is 54.4 Å². The van der Waals surface area contributed by atoms with E-state index in [4.69, 9.17) is 23.4 Å². The van der Waals surface area contributed by atoms with Crippen molar-refractivity contribution in [3.63, 3.8) is 0 Å². The number of fused-ring (bicyclic) bond motifs is 2. The average molecular weight is 544 g/mol. The zero-order chi connectivity index (χ0) is 28.4. The standard InChI is InChI=1S/C29H25N3O8/c1-16(29(34)35)39-26-23(37-3)12-17(13-24(26)38-4)15-30-32-27(31-20-9-6-5-8-18(20)28(32)33)25-14-19-21(36-2)10-7-11-22(19)40-25/h5-16H,1-4H3,(H,34,35)/t16-/m0/s1. The molecule has 5 rings (SSSR count). The Balaban J connectivity index is 1.65. The number of methoxy groups -OCH3 is 3. The van der Waals surface area contributed by atoms with E-state index in [1.54, 1.807) is 61.7 Å². The number of para-hydroxylation sites is 1. The number of furan rings is 1. The molecule has 0 aliphatic rings. The Kier molecular flexibility index (Phi) is 7.11. The van der Waals surface area contributed by atoms with Crippen molar-refractivity contribution in [3.8, 4) is 34.6 Å². The van der Waals surface area contributed by atoms with Crippen LogP contribution in [0.25, 0.3) is 33.5 Å². The van der Waals surface area contributed by atoms with Crippen molar-refractivity contribution < 1.29 is 33.3 Å². The van der Waals surface area contributed by atoms with Crippen LogP contribution in [0.2, 0.25) is 0 Å². The molecule has 2 heterocycles. The van der Waals surface area contributed by atoms with Gasteiger partial charge in [-0.25, -0.2) is 9.78 Å². The van der Waals surface area contributed by atoms with Crippen LogP contribution in [0.5, 0.6) is 23.0 Å². The van der Waals surface area contributed by atoms with Gasteiger partial charge in [0.05, 0.1) is 43.8 Å². The normalized spacial score (nSPS) is 12.1. The first-order valence-corrected chi connectivity index (χ1v) is 12.1. The van der Waals surface area contributed by atoms with Gasteiger partial charge in [-0.1, -0.05) is 18.2 Å². The first-order chi connectivity index (χ1) is 19.3. The molecule has 0 aliphatic carbocycles. The molecular weight excluding hydrogens is 518 g/mol. The number of ether oxygens (including phenoxy) is 4. The third kappa shape index (κ3) is 4.80. The molecule has 11 nitrogen and oxygen atoms in total. The molecule has 0 aliphatic heterocycles. The van der Waals surface area contributed by atoms with Crippen molar-refractivity contribution in [2.75, 3.05) is 21.3 Å². The van der Waals surface area contributed by atoms with Gasteiger partial charge in [-0.2, -0.15) is 9.78 Å². The van der Waals surface area contributed by atoms with Gasteiger partial charge in [0.25, 0.3) is 5.56 Å². The van der Waals surface area contributed by atoms with Crippen LogP contribution in [0.1, 0.15) is 12.5 Å². The average Bonchev–Trinajstić information content (AvgIpc) is 3.41. The number of aliphatic carboxylic acids is 1. The SMILES string of the molecule is COc1cc(C=Nn2c(-c3cc4c(OC)cccc4o3)nc3ccccc3c2=O)cc(OC)c1O[C@@H](C)C(=O)O. The molecule has 0 bridgehead atoms. The highest BCUT2D eigenvalue weighted by molar-refractivity contribution is 5.89. The molecule has 0 saturated heterocycles. The molecule has 1 atom stereocenters. The summed E-state index contributed by atoms with van der Waals surface area (Å²) in [6, 6.07) is 17.3. The van der Waals surface area contributed by atoms with Crippen molar-refractivity contribution in [2.24, 2.45) is 5.10 Å². The first-order valence-electron chi connectivity index (χ1n) is 12.1. The van der Waals surface area contributed by atoms with Gasteiger partial charge in [-0.15, -0.1) is 0 Å². The molecule has 0 radical (unpaired) electrons. The van der Waals surface area contributed by atoms with Crippen molar-refractivity contribution in [1.82, 2.24) is 9.66 Å². The van der Waals surface area contributed by atoms with E-state index in [2.05, 4.69) is 10.1 Å². The summed E-state index contributed by atoms with van der Waals surface area (Å²) in [6.45, 7) is 1.39. The van der Waals surface area contributed by atoms with Gasteiger partial charge >= 0.3 is 5.97 Å². The number of benzene rings is 3. The van der Waals surface area contributed by atoms with E-state index in [0.717, 1.165) is 10.1 Å². The molecule has 3 aromatic carbocycles. The lowest BCUT2D eigenvalue weighted by molar-refractivity contribution is -0.144. The third-order valence-electron chi connectivity index (χ3n) is 6.16. The smallest absolute Gasteiger partial charge is 0.344 e. The van der Waals surface area contributed by atoms with Crippen LogP contribution in [-0.2, 0) is 4.79 Å². The van der Waals surface area contributed by atoms with Crippen LogP contribution < -0.4 is 24.5 Å². The molecule has 0 amide bonds. The highest BCUT2D eigenvalue weighted by Crippen LogP contribution is 2.39. The Bertz CT molecular complexity index is 1800. The van der Waals surface area contributed by atoms with Crippen molar-refractivity contribution in [1.29, 1.82) is 0 Å². The van der Waals surface area contributed by atoms with Crippen LogP contribution in [0, 0.1) is 0 Å². The second-order valence-electron chi connectivity index (χ2n) is 8.65.